The lowest BCUT2D eigenvalue weighted by Gasteiger charge is -2.15. The molecule has 0 radical (unpaired) electrons. The summed E-state index contributed by atoms with van der Waals surface area (Å²) in [5.74, 6) is -0.473. The fourth-order valence-corrected chi connectivity index (χ4v) is 3.55. The van der Waals surface area contributed by atoms with E-state index in [1.165, 1.54) is 23.7 Å². The largest absolute Gasteiger partial charge is 0.326 e. The quantitative estimate of drug-likeness (QED) is 0.489. The Morgan fingerprint density at radius 1 is 0.967 bits per heavy atom. The molecule has 0 aliphatic rings. The van der Waals surface area contributed by atoms with E-state index in [2.05, 4.69) is 65.4 Å². The number of nitrogens with zero attached hydrogens (tertiary/aromatic N) is 2. The molecule has 0 aliphatic carbocycles. The van der Waals surface area contributed by atoms with Crippen LogP contribution in [0, 0.1) is 27.7 Å². The van der Waals surface area contributed by atoms with Gasteiger partial charge in [-0.05, 0) is 69.2 Å². The third-order valence-electron chi connectivity index (χ3n) is 4.97. The van der Waals surface area contributed by atoms with Crippen LogP contribution in [0.15, 0.2) is 53.6 Å². The molecular formula is C24H26N4O2. The Morgan fingerprint density at radius 2 is 1.60 bits per heavy atom. The first-order valence-electron chi connectivity index (χ1n) is 9.74. The van der Waals surface area contributed by atoms with Crippen LogP contribution in [0.4, 0.5) is 5.69 Å². The predicted octanol–water partition coefficient (Wildman–Crippen LogP) is 4.43. The molecule has 0 atom stereocenters. The van der Waals surface area contributed by atoms with Gasteiger partial charge in [0.05, 0.1) is 11.9 Å². The highest BCUT2D eigenvalue weighted by Gasteiger charge is 2.13. The van der Waals surface area contributed by atoms with Gasteiger partial charge in [0.15, 0.2) is 0 Å². The molecule has 2 amide bonds. The number of para-hydroxylation sites is 1. The Morgan fingerprint density at radius 3 is 2.20 bits per heavy atom. The second-order valence-corrected chi connectivity index (χ2v) is 7.36. The second-order valence-electron chi connectivity index (χ2n) is 7.36. The summed E-state index contributed by atoms with van der Waals surface area (Å²) >= 11 is 0. The van der Waals surface area contributed by atoms with Gasteiger partial charge in [0.1, 0.15) is 0 Å². The van der Waals surface area contributed by atoms with E-state index in [1.807, 2.05) is 6.92 Å². The molecule has 1 aromatic heterocycles. The summed E-state index contributed by atoms with van der Waals surface area (Å²) in [6, 6.07) is 15.0. The van der Waals surface area contributed by atoms with E-state index in [4.69, 9.17) is 0 Å². The zero-order valence-corrected chi connectivity index (χ0v) is 17.9. The molecule has 3 rings (SSSR count). The molecule has 0 fully saturated rings. The Balaban J connectivity index is 1.76. The third kappa shape index (κ3) is 4.49. The molecule has 0 aliphatic heterocycles. The highest BCUT2D eigenvalue weighted by Crippen LogP contribution is 2.25. The SMILES string of the molecule is CC(=O)Nc1ccc(C(=O)NN=Cc2cc(C)n(-c3c(C)cccc3C)c2C)cc1. The maximum Gasteiger partial charge on any atom is 0.271 e. The first-order valence-corrected chi connectivity index (χ1v) is 9.74. The van der Waals surface area contributed by atoms with Gasteiger partial charge in [-0.2, -0.15) is 5.10 Å². The maximum absolute atomic E-state index is 12.3. The van der Waals surface area contributed by atoms with Crippen molar-refractivity contribution in [3.63, 3.8) is 0 Å². The molecular weight excluding hydrogens is 376 g/mol. The Hall–Kier alpha value is -3.67. The standard InChI is InChI=1S/C24H26N4O2/c1-15-7-6-8-16(2)23(15)28-17(3)13-21(18(28)4)14-25-27-24(30)20-9-11-22(12-10-20)26-19(5)29/h6-14H,1-5H3,(H,26,29)(H,27,30). The van der Waals surface area contributed by atoms with Crippen LogP contribution in [-0.2, 0) is 4.79 Å². The number of aromatic nitrogens is 1. The second kappa shape index (κ2) is 8.78. The minimum absolute atomic E-state index is 0.157. The number of benzene rings is 2. The fourth-order valence-electron chi connectivity index (χ4n) is 3.55. The van der Waals surface area contributed by atoms with Crippen LogP contribution < -0.4 is 10.7 Å². The van der Waals surface area contributed by atoms with Gasteiger partial charge in [-0.3, -0.25) is 9.59 Å². The Kier molecular flexibility index (Phi) is 6.16. The molecule has 154 valence electrons. The number of hydrogen-bond acceptors (Lipinski definition) is 3. The zero-order valence-electron chi connectivity index (χ0n) is 17.9. The summed E-state index contributed by atoms with van der Waals surface area (Å²) in [6.45, 7) is 9.75. The van der Waals surface area contributed by atoms with Crippen molar-refractivity contribution in [2.45, 2.75) is 34.6 Å². The van der Waals surface area contributed by atoms with Gasteiger partial charge < -0.3 is 9.88 Å². The van der Waals surface area contributed by atoms with Crippen molar-refractivity contribution in [3.05, 3.63) is 82.2 Å². The van der Waals surface area contributed by atoms with Crippen LogP contribution >= 0.6 is 0 Å². The Bertz CT molecular complexity index is 1100. The number of anilines is 1. The van der Waals surface area contributed by atoms with E-state index in [0.717, 1.165) is 17.0 Å². The van der Waals surface area contributed by atoms with E-state index >= 15 is 0 Å². The lowest BCUT2D eigenvalue weighted by molar-refractivity contribution is -0.114. The molecule has 6 nitrogen and oxygen atoms in total. The topological polar surface area (TPSA) is 75.5 Å². The Labute approximate surface area is 176 Å². The summed E-state index contributed by atoms with van der Waals surface area (Å²) in [4.78, 5) is 23.4. The van der Waals surface area contributed by atoms with E-state index in [0.29, 0.717) is 11.3 Å². The maximum atomic E-state index is 12.3. The van der Waals surface area contributed by atoms with Crippen LogP contribution in [-0.4, -0.2) is 22.6 Å². The minimum atomic E-state index is -0.316. The highest BCUT2D eigenvalue weighted by molar-refractivity contribution is 5.96. The number of hydrogen-bond donors (Lipinski definition) is 2. The lowest BCUT2D eigenvalue weighted by Crippen LogP contribution is -2.17. The summed E-state index contributed by atoms with van der Waals surface area (Å²) in [5.41, 5.74) is 10.3. The smallest absolute Gasteiger partial charge is 0.271 e. The van der Waals surface area contributed by atoms with E-state index in [1.54, 1.807) is 30.5 Å². The van der Waals surface area contributed by atoms with Crippen LogP contribution in [0.25, 0.3) is 5.69 Å². The first-order chi connectivity index (χ1) is 14.3. The van der Waals surface area contributed by atoms with E-state index < -0.39 is 0 Å². The molecule has 30 heavy (non-hydrogen) atoms. The number of aryl methyl sites for hydroxylation is 3. The highest BCUT2D eigenvalue weighted by atomic mass is 16.2. The monoisotopic (exact) mass is 402 g/mol. The van der Waals surface area contributed by atoms with Crippen molar-refractivity contribution >= 4 is 23.7 Å². The van der Waals surface area contributed by atoms with Crippen molar-refractivity contribution < 1.29 is 9.59 Å². The van der Waals surface area contributed by atoms with Crippen molar-refractivity contribution in [1.82, 2.24) is 9.99 Å². The van der Waals surface area contributed by atoms with Crippen LogP contribution in [0.2, 0.25) is 0 Å². The minimum Gasteiger partial charge on any atom is -0.326 e. The average Bonchev–Trinajstić information content (AvgIpc) is 2.96. The number of nitrogens with one attached hydrogen (secondary N) is 2. The summed E-state index contributed by atoms with van der Waals surface area (Å²) in [6.07, 6.45) is 1.66. The van der Waals surface area contributed by atoms with Gasteiger partial charge in [0.2, 0.25) is 5.91 Å². The molecule has 3 aromatic rings. The third-order valence-corrected chi connectivity index (χ3v) is 4.97. The van der Waals surface area contributed by atoms with Crippen LogP contribution in [0.5, 0.6) is 0 Å². The normalized spacial score (nSPS) is 11.0. The first kappa shape index (κ1) is 21.0. The van der Waals surface area contributed by atoms with Gasteiger partial charge in [0, 0.05) is 35.1 Å². The zero-order chi connectivity index (χ0) is 21.8. The molecule has 0 bridgehead atoms. The van der Waals surface area contributed by atoms with E-state index in [9.17, 15) is 9.59 Å². The van der Waals surface area contributed by atoms with Crippen LogP contribution in [0.3, 0.4) is 0 Å². The average molecular weight is 402 g/mol. The molecule has 1 heterocycles. The van der Waals surface area contributed by atoms with Gasteiger partial charge in [-0.25, -0.2) is 5.43 Å². The lowest BCUT2D eigenvalue weighted by atomic mass is 10.1. The fraction of sp³-hybridized carbons (Fsp3) is 0.208. The van der Waals surface area contributed by atoms with Crippen molar-refractivity contribution in [3.8, 4) is 5.69 Å². The summed E-state index contributed by atoms with van der Waals surface area (Å²) in [7, 11) is 0. The van der Waals surface area contributed by atoms with Crippen molar-refractivity contribution in [1.29, 1.82) is 0 Å². The molecule has 0 unspecified atom stereocenters. The summed E-state index contributed by atoms with van der Waals surface area (Å²) in [5, 5.41) is 6.80. The van der Waals surface area contributed by atoms with Gasteiger partial charge in [-0.15, -0.1) is 0 Å². The number of hydrazone groups is 1. The van der Waals surface area contributed by atoms with Gasteiger partial charge >= 0.3 is 0 Å². The number of carbonyl (C=O) groups is 2. The van der Waals surface area contributed by atoms with E-state index in [-0.39, 0.29) is 11.8 Å². The van der Waals surface area contributed by atoms with Gasteiger partial charge in [0.25, 0.3) is 5.91 Å². The number of carbonyl (C=O) groups excluding carboxylic acids is 2. The molecule has 2 N–H and O–H groups in total. The van der Waals surface area contributed by atoms with Crippen molar-refractivity contribution in [2.75, 3.05) is 5.32 Å². The molecule has 0 saturated heterocycles. The molecule has 0 saturated carbocycles. The van der Waals surface area contributed by atoms with Crippen molar-refractivity contribution in [2.24, 2.45) is 5.10 Å². The number of amides is 2. The van der Waals surface area contributed by atoms with Gasteiger partial charge in [-0.1, -0.05) is 18.2 Å². The summed E-state index contributed by atoms with van der Waals surface area (Å²) < 4.78 is 2.22. The molecule has 6 heteroatoms. The molecule has 2 aromatic carbocycles. The van der Waals surface area contributed by atoms with Crippen LogP contribution in [0.1, 0.15) is 45.4 Å². The number of rotatable bonds is 5. The molecule has 0 spiro atoms. The predicted molar refractivity (Wildman–Crippen MR) is 121 cm³/mol.